The van der Waals surface area contributed by atoms with Gasteiger partial charge in [-0.05, 0) is 36.2 Å². The van der Waals surface area contributed by atoms with Crippen LogP contribution in [0.5, 0.6) is 11.5 Å². The van der Waals surface area contributed by atoms with Crippen molar-refractivity contribution in [1.82, 2.24) is 0 Å². The van der Waals surface area contributed by atoms with Crippen molar-refractivity contribution >= 4 is 23.5 Å². The molecule has 0 radical (unpaired) electrons. The molecule has 2 heterocycles. The summed E-state index contributed by atoms with van der Waals surface area (Å²) in [7, 11) is 0. The average Bonchev–Trinajstić information content (AvgIpc) is 2.95. The lowest BCUT2D eigenvalue weighted by Gasteiger charge is -2.19. The minimum absolute atomic E-state index is 0.648. The zero-order valence-electron chi connectivity index (χ0n) is 11.6. The van der Waals surface area contributed by atoms with E-state index in [-0.39, 0.29) is 0 Å². The highest BCUT2D eigenvalue weighted by atomic mass is 32.2. The summed E-state index contributed by atoms with van der Waals surface area (Å²) in [5, 5.41) is 0.667. The average molecular weight is 316 g/mol. The molecule has 2 nitrogen and oxygen atoms in total. The van der Waals surface area contributed by atoms with Crippen molar-refractivity contribution < 1.29 is 9.47 Å². The van der Waals surface area contributed by atoms with Crippen LogP contribution in [0.1, 0.15) is 5.56 Å². The van der Waals surface area contributed by atoms with E-state index in [1.807, 2.05) is 29.6 Å². The Balaban J connectivity index is 1.40. The maximum Gasteiger partial charge on any atom is 0.162 e. The van der Waals surface area contributed by atoms with Gasteiger partial charge in [0.05, 0.1) is 0 Å². The van der Waals surface area contributed by atoms with Crippen LogP contribution >= 0.6 is 23.5 Å². The quantitative estimate of drug-likeness (QED) is 0.787. The van der Waals surface area contributed by atoms with Crippen LogP contribution in [0.4, 0.5) is 0 Å². The summed E-state index contributed by atoms with van der Waals surface area (Å²) in [5.41, 5.74) is 1.50. The second kappa shape index (κ2) is 5.85. The predicted octanol–water partition coefficient (Wildman–Crippen LogP) is 4.27. The van der Waals surface area contributed by atoms with E-state index in [4.69, 9.17) is 9.47 Å². The molecule has 2 aromatic carbocycles. The fourth-order valence-corrected chi connectivity index (χ4v) is 5.06. The second-order valence-electron chi connectivity index (χ2n) is 5.17. The molecule has 0 saturated carbocycles. The molecule has 0 saturated heterocycles. The molecule has 0 aliphatic carbocycles. The molecule has 4 rings (SSSR count). The standard InChI is InChI=1S/C17H16O2S2/c1-2-4-17-12(3-1)9-14(21-17)11-20-13-5-6-15-16(10-13)19-8-7-18-15/h1-6,10,14H,7-9,11H2. The molecule has 0 amide bonds. The van der Waals surface area contributed by atoms with E-state index in [0.29, 0.717) is 18.5 Å². The molecule has 0 N–H and O–H groups in total. The molecule has 2 aromatic rings. The Kier molecular flexibility index (Phi) is 3.74. The maximum atomic E-state index is 5.64. The smallest absolute Gasteiger partial charge is 0.162 e. The Morgan fingerprint density at radius 3 is 2.81 bits per heavy atom. The summed E-state index contributed by atoms with van der Waals surface area (Å²) in [6.45, 7) is 1.30. The molecule has 1 atom stereocenters. The van der Waals surface area contributed by atoms with Crippen LogP contribution in [0, 0.1) is 0 Å². The van der Waals surface area contributed by atoms with Crippen LogP contribution < -0.4 is 9.47 Å². The van der Waals surface area contributed by atoms with E-state index in [9.17, 15) is 0 Å². The second-order valence-corrected chi connectivity index (χ2v) is 7.60. The van der Waals surface area contributed by atoms with Gasteiger partial charge >= 0.3 is 0 Å². The third-order valence-electron chi connectivity index (χ3n) is 3.66. The Morgan fingerprint density at radius 1 is 1.05 bits per heavy atom. The van der Waals surface area contributed by atoms with E-state index < -0.39 is 0 Å². The van der Waals surface area contributed by atoms with Crippen molar-refractivity contribution in [2.45, 2.75) is 21.5 Å². The molecule has 108 valence electrons. The maximum absolute atomic E-state index is 5.64. The van der Waals surface area contributed by atoms with Gasteiger partial charge in [0.1, 0.15) is 13.2 Å². The molecule has 4 heteroatoms. The van der Waals surface area contributed by atoms with Crippen molar-refractivity contribution in [1.29, 1.82) is 0 Å². The van der Waals surface area contributed by atoms with E-state index in [1.165, 1.54) is 21.8 Å². The highest BCUT2D eigenvalue weighted by Crippen LogP contribution is 2.40. The fraction of sp³-hybridized carbons (Fsp3) is 0.294. The Hall–Kier alpha value is -1.26. The normalized spacial score (nSPS) is 19.3. The summed E-state index contributed by atoms with van der Waals surface area (Å²) in [6.07, 6.45) is 1.18. The summed E-state index contributed by atoms with van der Waals surface area (Å²) in [4.78, 5) is 2.71. The van der Waals surface area contributed by atoms with Crippen LogP contribution in [0.3, 0.4) is 0 Å². The van der Waals surface area contributed by atoms with E-state index in [1.54, 1.807) is 0 Å². The summed E-state index contributed by atoms with van der Waals surface area (Å²) in [6, 6.07) is 15.0. The van der Waals surface area contributed by atoms with Gasteiger partial charge in [0.15, 0.2) is 11.5 Å². The number of fused-ring (bicyclic) bond motifs is 2. The predicted molar refractivity (Wildman–Crippen MR) is 87.9 cm³/mol. The number of benzene rings is 2. The minimum Gasteiger partial charge on any atom is -0.486 e. The van der Waals surface area contributed by atoms with Crippen LogP contribution in [-0.2, 0) is 6.42 Å². The third-order valence-corrected chi connectivity index (χ3v) is 6.35. The number of ether oxygens (including phenoxy) is 2. The molecule has 21 heavy (non-hydrogen) atoms. The van der Waals surface area contributed by atoms with Gasteiger partial charge in [-0.2, -0.15) is 0 Å². The molecule has 0 fully saturated rings. The Bertz CT molecular complexity index is 632. The topological polar surface area (TPSA) is 18.5 Å². The fourth-order valence-electron chi connectivity index (χ4n) is 2.65. The van der Waals surface area contributed by atoms with Gasteiger partial charge in [-0.15, -0.1) is 23.5 Å². The van der Waals surface area contributed by atoms with Gasteiger partial charge in [-0.3, -0.25) is 0 Å². The zero-order chi connectivity index (χ0) is 14.1. The lowest BCUT2D eigenvalue weighted by Crippen LogP contribution is -2.15. The zero-order valence-corrected chi connectivity index (χ0v) is 13.2. The first kappa shape index (κ1) is 13.4. The number of hydrogen-bond acceptors (Lipinski definition) is 4. The third kappa shape index (κ3) is 2.87. The highest BCUT2D eigenvalue weighted by molar-refractivity contribution is 8.03. The van der Waals surface area contributed by atoms with Crippen molar-refractivity contribution in [3.05, 3.63) is 48.0 Å². The van der Waals surface area contributed by atoms with Gasteiger partial charge in [-0.25, -0.2) is 0 Å². The van der Waals surface area contributed by atoms with Gasteiger partial charge in [-0.1, -0.05) is 18.2 Å². The molecular formula is C17H16O2S2. The lowest BCUT2D eigenvalue weighted by molar-refractivity contribution is 0.171. The first-order chi connectivity index (χ1) is 10.4. The molecule has 1 unspecified atom stereocenters. The SMILES string of the molecule is c1ccc2c(c1)CC(CSc1ccc3c(c1)OCCO3)S2. The van der Waals surface area contributed by atoms with Crippen molar-refractivity contribution in [3.8, 4) is 11.5 Å². The number of rotatable bonds is 3. The summed E-state index contributed by atoms with van der Waals surface area (Å²) in [5.74, 6) is 2.88. The van der Waals surface area contributed by atoms with Crippen LogP contribution in [0.25, 0.3) is 0 Å². The molecule has 0 aromatic heterocycles. The van der Waals surface area contributed by atoms with Crippen molar-refractivity contribution in [2.24, 2.45) is 0 Å². The van der Waals surface area contributed by atoms with E-state index >= 15 is 0 Å². The number of hydrogen-bond donors (Lipinski definition) is 0. The largest absolute Gasteiger partial charge is 0.486 e. The summed E-state index contributed by atoms with van der Waals surface area (Å²) < 4.78 is 11.2. The first-order valence-corrected chi connectivity index (χ1v) is 9.02. The molecule has 0 bridgehead atoms. The molecule has 0 spiro atoms. The number of thioether (sulfide) groups is 2. The summed E-state index contributed by atoms with van der Waals surface area (Å²) >= 11 is 3.91. The van der Waals surface area contributed by atoms with Crippen LogP contribution in [-0.4, -0.2) is 24.2 Å². The van der Waals surface area contributed by atoms with Gasteiger partial charge < -0.3 is 9.47 Å². The van der Waals surface area contributed by atoms with Crippen LogP contribution in [0.15, 0.2) is 52.3 Å². The molecule has 2 aliphatic heterocycles. The van der Waals surface area contributed by atoms with Gasteiger partial charge in [0, 0.05) is 20.8 Å². The molecular weight excluding hydrogens is 300 g/mol. The van der Waals surface area contributed by atoms with Crippen molar-refractivity contribution in [3.63, 3.8) is 0 Å². The van der Waals surface area contributed by atoms with Gasteiger partial charge in [0.2, 0.25) is 0 Å². The Morgan fingerprint density at radius 2 is 1.90 bits per heavy atom. The highest BCUT2D eigenvalue weighted by Gasteiger charge is 2.22. The van der Waals surface area contributed by atoms with E-state index in [0.717, 1.165) is 17.3 Å². The minimum atomic E-state index is 0.648. The lowest BCUT2D eigenvalue weighted by atomic mass is 10.1. The molecule has 2 aliphatic rings. The Labute approximate surface area is 133 Å². The first-order valence-electron chi connectivity index (χ1n) is 7.15. The monoisotopic (exact) mass is 316 g/mol. The van der Waals surface area contributed by atoms with Crippen molar-refractivity contribution in [2.75, 3.05) is 19.0 Å². The van der Waals surface area contributed by atoms with E-state index in [2.05, 4.69) is 36.4 Å². The van der Waals surface area contributed by atoms with Gasteiger partial charge in [0.25, 0.3) is 0 Å². The van der Waals surface area contributed by atoms with Crippen LogP contribution in [0.2, 0.25) is 0 Å².